The fourth-order valence-electron chi connectivity index (χ4n) is 2.23. The average molecular weight is 274 g/mol. The number of nitrogens with one attached hydrogen (secondary N) is 2. The maximum absolute atomic E-state index is 12.0. The zero-order chi connectivity index (χ0) is 13.2. The molecule has 0 aromatic rings. The molecule has 2 rings (SSSR count). The molecule has 0 radical (unpaired) electrons. The molecule has 6 nitrogen and oxygen atoms in total. The molecule has 0 spiro atoms. The average Bonchev–Trinajstić information content (AvgIpc) is 2.86. The SMILES string of the molecule is CCNC1COCC1C(=O)NC1C=CS(=O)(=O)C1. The molecule has 1 saturated heterocycles. The second kappa shape index (κ2) is 5.38. The van der Waals surface area contributed by atoms with Gasteiger partial charge in [-0.05, 0) is 12.6 Å². The number of ether oxygens (including phenoxy) is 1. The minimum Gasteiger partial charge on any atom is -0.379 e. The van der Waals surface area contributed by atoms with Crippen LogP contribution in [0.25, 0.3) is 0 Å². The fraction of sp³-hybridized carbons (Fsp3) is 0.727. The zero-order valence-electron chi connectivity index (χ0n) is 10.3. The molecule has 18 heavy (non-hydrogen) atoms. The Kier molecular flexibility index (Phi) is 4.04. The second-order valence-corrected chi connectivity index (χ2v) is 6.51. The van der Waals surface area contributed by atoms with E-state index in [-0.39, 0.29) is 23.6 Å². The van der Waals surface area contributed by atoms with Crippen molar-refractivity contribution in [2.45, 2.75) is 19.0 Å². The Hall–Kier alpha value is -0.920. The maximum Gasteiger partial charge on any atom is 0.227 e. The monoisotopic (exact) mass is 274 g/mol. The number of sulfone groups is 1. The third kappa shape index (κ3) is 3.09. The van der Waals surface area contributed by atoms with Crippen molar-refractivity contribution in [3.05, 3.63) is 11.5 Å². The van der Waals surface area contributed by atoms with Gasteiger partial charge < -0.3 is 15.4 Å². The third-order valence-corrected chi connectivity index (χ3v) is 4.54. The van der Waals surface area contributed by atoms with E-state index in [0.29, 0.717) is 13.2 Å². The van der Waals surface area contributed by atoms with Crippen LogP contribution in [0.2, 0.25) is 0 Å². The smallest absolute Gasteiger partial charge is 0.227 e. The molecule has 3 atom stereocenters. The van der Waals surface area contributed by atoms with Crippen LogP contribution in [-0.2, 0) is 19.4 Å². The number of hydrogen-bond acceptors (Lipinski definition) is 5. The van der Waals surface area contributed by atoms with Crippen LogP contribution < -0.4 is 10.6 Å². The van der Waals surface area contributed by atoms with Crippen molar-refractivity contribution in [1.29, 1.82) is 0 Å². The van der Waals surface area contributed by atoms with Crippen LogP contribution in [0.4, 0.5) is 0 Å². The lowest BCUT2D eigenvalue weighted by Gasteiger charge is -2.19. The number of likely N-dealkylation sites (N-methyl/N-ethyl adjacent to an activating group) is 1. The zero-order valence-corrected chi connectivity index (χ0v) is 11.1. The van der Waals surface area contributed by atoms with Gasteiger partial charge in [0.2, 0.25) is 5.91 Å². The summed E-state index contributed by atoms with van der Waals surface area (Å²) in [5.41, 5.74) is 0. The first-order chi connectivity index (χ1) is 8.52. The van der Waals surface area contributed by atoms with Crippen molar-refractivity contribution in [2.24, 2.45) is 5.92 Å². The molecule has 0 aromatic heterocycles. The van der Waals surface area contributed by atoms with Gasteiger partial charge in [-0.15, -0.1) is 0 Å². The molecule has 0 aromatic carbocycles. The van der Waals surface area contributed by atoms with E-state index in [9.17, 15) is 13.2 Å². The van der Waals surface area contributed by atoms with Gasteiger partial charge in [0.25, 0.3) is 0 Å². The minimum absolute atomic E-state index is 0.0111. The van der Waals surface area contributed by atoms with Crippen LogP contribution in [0.3, 0.4) is 0 Å². The highest BCUT2D eigenvalue weighted by molar-refractivity contribution is 7.94. The first-order valence-electron chi connectivity index (χ1n) is 6.04. The summed E-state index contributed by atoms with van der Waals surface area (Å²) in [5, 5.41) is 7.09. The van der Waals surface area contributed by atoms with Crippen LogP contribution in [0.5, 0.6) is 0 Å². The Balaban J connectivity index is 1.90. The van der Waals surface area contributed by atoms with Crippen LogP contribution in [0, 0.1) is 5.92 Å². The lowest BCUT2D eigenvalue weighted by atomic mass is 10.0. The molecule has 2 N–H and O–H groups in total. The number of rotatable bonds is 4. The van der Waals surface area contributed by atoms with E-state index in [1.54, 1.807) is 0 Å². The molecule has 2 heterocycles. The molecule has 102 valence electrons. The Bertz CT molecular complexity index is 446. The molecule has 0 aliphatic carbocycles. The predicted octanol–water partition coefficient (Wildman–Crippen LogP) is -0.962. The van der Waals surface area contributed by atoms with Gasteiger partial charge in [-0.2, -0.15) is 0 Å². The largest absolute Gasteiger partial charge is 0.379 e. The summed E-state index contributed by atoms with van der Waals surface area (Å²) < 4.78 is 27.8. The number of carbonyl (C=O) groups is 1. The minimum atomic E-state index is -3.13. The first kappa shape index (κ1) is 13.5. The summed E-state index contributed by atoms with van der Waals surface area (Å²) in [4.78, 5) is 12.0. The van der Waals surface area contributed by atoms with E-state index >= 15 is 0 Å². The number of carbonyl (C=O) groups excluding carboxylic acids is 1. The summed E-state index contributed by atoms with van der Waals surface area (Å²) in [6.45, 7) is 3.65. The van der Waals surface area contributed by atoms with E-state index in [2.05, 4.69) is 10.6 Å². The molecule has 0 bridgehead atoms. The van der Waals surface area contributed by atoms with Crippen molar-refractivity contribution < 1.29 is 17.9 Å². The highest BCUT2D eigenvalue weighted by Crippen LogP contribution is 2.15. The van der Waals surface area contributed by atoms with Gasteiger partial charge >= 0.3 is 0 Å². The van der Waals surface area contributed by atoms with Crippen molar-refractivity contribution in [3.8, 4) is 0 Å². The van der Waals surface area contributed by atoms with E-state index in [4.69, 9.17) is 4.74 Å². The molecular formula is C11H18N2O4S. The highest BCUT2D eigenvalue weighted by atomic mass is 32.2. The Morgan fingerprint density at radius 3 is 2.83 bits per heavy atom. The molecule has 7 heteroatoms. The topological polar surface area (TPSA) is 84.5 Å². The summed E-state index contributed by atoms with van der Waals surface area (Å²) >= 11 is 0. The van der Waals surface area contributed by atoms with Crippen LogP contribution in [0.1, 0.15) is 6.92 Å². The van der Waals surface area contributed by atoms with Gasteiger partial charge in [0, 0.05) is 11.4 Å². The molecule has 2 aliphatic rings. The predicted molar refractivity (Wildman–Crippen MR) is 66.6 cm³/mol. The van der Waals surface area contributed by atoms with Crippen molar-refractivity contribution in [3.63, 3.8) is 0 Å². The number of amides is 1. The lowest BCUT2D eigenvalue weighted by Crippen LogP contribution is -2.47. The van der Waals surface area contributed by atoms with Crippen LogP contribution >= 0.6 is 0 Å². The molecule has 2 aliphatic heterocycles. The van der Waals surface area contributed by atoms with E-state index < -0.39 is 15.9 Å². The summed E-state index contributed by atoms with van der Waals surface area (Å²) in [5.74, 6) is -0.440. The Morgan fingerprint density at radius 2 is 2.22 bits per heavy atom. The molecule has 3 unspecified atom stereocenters. The summed E-state index contributed by atoms with van der Waals surface area (Å²) in [7, 11) is -3.13. The Morgan fingerprint density at radius 1 is 1.44 bits per heavy atom. The molecule has 1 amide bonds. The third-order valence-electron chi connectivity index (χ3n) is 3.14. The van der Waals surface area contributed by atoms with Crippen LogP contribution in [-0.4, -0.2) is 51.9 Å². The molecular weight excluding hydrogens is 256 g/mol. The highest BCUT2D eigenvalue weighted by Gasteiger charge is 2.35. The fourth-order valence-corrected chi connectivity index (χ4v) is 3.47. The summed E-state index contributed by atoms with van der Waals surface area (Å²) in [6, 6.07) is -0.401. The molecule has 0 saturated carbocycles. The molecule has 1 fully saturated rings. The van der Waals surface area contributed by atoms with Gasteiger partial charge in [0.05, 0.1) is 30.9 Å². The van der Waals surface area contributed by atoms with E-state index in [0.717, 1.165) is 12.0 Å². The lowest BCUT2D eigenvalue weighted by molar-refractivity contribution is -0.125. The second-order valence-electron chi connectivity index (χ2n) is 4.58. The van der Waals surface area contributed by atoms with E-state index in [1.807, 2.05) is 6.92 Å². The van der Waals surface area contributed by atoms with Gasteiger partial charge in [-0.1, -0.05) is 6.92 Å². The van der Waals surface area contributed by atoms with E-state index in [1.165, 1.54) is 6.08 Å². The van der Waals surface area contributed by atoms with Crippen molar-refractivity contribution in [2.75, 3.05) is 25.5 Å². The standard InChI is InChI=1S/C11H18N2O4S/c1-2-12-10-6-17-5-9(10)11(14)13-8-3-4-18(15,16)7-8/h3-4,8-10,12H,2,5-7H2,1H3,(H,13,14). The number of hydrogen-bond donors (Lipinski definition) is 2. The van der Waals surface area contributed by atoms with Gasteiger partial charge in [-0.3, -0.25) is 4.79 Å². The van der Waals surface area contributed by atoms with Gasteiger partial charge in [-0.25, -0.2) is 8.42 Å². The summed E-state index contributed by atoms with van der Waals surface area (Å²) in [6.07, 6.45) is 1.52. The quantitative estimate of drug-likeness (QED) is 0.689. The van der Waals surface area contributed by atoms with Crippen LogP contribution in [0.15, 0.2) is 11.5 Å². The van der Waals surface area contributed by atoms with Crippen molar-refractivity contribution >= 4 is 15.7 Å². The Labute approximate surface area is 107 Å². The first-order valence-corrected chi connectivity index (χ1v) is 7.76. The normalized spacial score (nSPS) is 33.7. The maximum atomic E-state index is 12.0. The van der Waals surface area contributed by atoms with Gasteiger partial charge in [0.1, 0.15) is 0 Å². The van der Waals surface area contributed by atoms with Gasteiger partial charge in [0.15, 0.2) is 9.84 Å². The van der Waals surface area contributed by atoms with Crippen molar-refractivity contribution in [1.82, 2.24) is 10.6 Å².